The molecule has 0 aromatic heterocycles. The van der Waals surface area contributed by atoms with Crippen LogP contribution in [-0.2, 0) is 4.79 Å². The molecule has 1 saturated heterocycles. The Morgan fingerprint density at radius 3 is 2.61 bits per heavy atom. The molecule has 1 heterocycles. The highest BCUT2D eigenvalue weighted by Gasteiger charge is 2.53. The largest absolute Gasteiger partial charge is 0.480 e. The molecule has 0 saturated carbocycles. The first kappa shape index (κ1) is 15.3. The molecule has 104 valence electrons. The topological polar surface area (TPSA) is 89.8 Å². The van der Waals surface area contributed by atoms with Crippen molar-refractivity contribution in [2.75, 3.05) is 6.54 Å². The van der Waals surface area contributed by atoms with Crippen molar-refractivity contribution in [2.24, 2.45) is 11.3 Å². The van der Waals surface area contributed by atoms with Gasteiger partial charge in [-0.2, -0.15) is 0 Å². The molecule has 3 atom stereocenters. The molecule has 0 aliphatic carbocycles. The van der Waals surface area contributed by atoms with Crippen molar-refractivity contribution < 1.29 is 28.7 Å². The van der Waals surface area contributed by atoms with Crippen LogP contribution in [-0.4, -0.2) is 47.3 Å². The molecule has 1 aliphatic heterocycles. The first-order valence-corrected chi connectivity index (χ1v) is 5.89. The summed E-state index contributed by atoms with van der Waals surface area (Å²) in [6, 6.07) is -1.02. The number of carbonyl (C=O) groups is 1. The van der Waals surface area contributed by atoms with Crippen LogP contribution < -0.4 is 5.32 Å². The number of rotatable bonds is 6. The van der Waals surface area contributed by atoms with Gasteiger partial charge in [0.05, 0.1) is 0 Å². The van der Waals surface area contributed by atoms with Crippen molar-refractivity contribution in [1.82, 2.24) is 5.32 Å². The Morgan fingerprint density at radius 1 is 1.56 bits per heavy atom. The van der Waals surface area contributed by atoms with Gasteiger partial charge in [0.2, 0.25) is 6.43 Å². The lowest BCUT2D eigenvalue weighted by molar-refractivity contribution is -0.143. The van der Waals surface area contributed by atoms with Crippen molar-refractivity contribution in [1.29, 1.82) is 0 Å². The van der Waals surface area contributed by atoms with Crippen molar-refractivity contribution in [3.63, 3.8) is 0 Å². The number of hydrogen-bond acceptors (Lipinski definition) is 4. The molecule has 0 aromatic rings. The first-order valence-electron chi connectivity index (χ1n) is 5.89. The molecule has 1 fully saturated rings. The van der Waals surface area contributed by atoms with E-state index in [4.69, 9.17) is 15.2 Å². The average Bonchev–Trinajstić information content (AvgIpc) is 2.55. The van der Waals surface area contributed by atoms with Gasteiger partial charge in [0.1, 0.15) is 6.04 Å². The van der Waals surface area contributed by atoms with Crippen LogP contribution in [0.4, 0.5) is 8.78 Å². The third kappa shape index (κ3) is 3.18. The monoisotopic (exact) mass is 265 g/mol. The third-order valence-corrected chi connectivity index (χ3v) is 3.78. The van der Waals surface area contributed by atoms with Crippen LogP contribution in [0.25, 0.3) is 0 Å². The molecule has 1 unspecified atom stereocenters. The van der Waals surface area contributed by atoms with Gasteiger partial charge < -0.3 is 20.5 Å². The summed E-state index contributed by atoms with van der Waals surface area (Å²) in [5, 5.41) is 29.1. The second-order valence-electron chi connectivity index (χ2n) is 5.00. The predicted octanol–water partition coefficient (Wildman–Crippen LogP) is 0.183. The fraction of sp³-hybridized carbons (Fsp3) is 0.900. The van der Waals surface area contributed by atoms with Crippen LogP contribution >= 0.6 is 0 Å². The van der Waals surface area contributed by atoms with Gasteiger partial charge in [0, 0.05) is 17.9 Å². The molecule has 0 amide bonds. The molecule has 0 aromatic carbocycles. The van der Waals surface area contributed by atoms with Crippen molar-refractivity contribution >= 4 is 13.1 Å². The lowest BCUT2D eigenvalue weighted by atomic mass is 9.69. The fourth-order valence-electron chi connectivity index (χ4n) is 2.67. The molecule has 0 bridgehead atoms. The minimum Gasteiger partial charge on any atom is -0.480 e. The van der Waals surface area contributed by atoms with E-state index < -0.39 is 36.9 Å². The minimum absolute atomic E-state index is 0.0349. The second-order valence-corrected chi connectivity index (χ2v) is 5.00. The van der Waals surface area contributed by atoms with Gasteiger partial charge in [0.25, 0.3) is 0 Å². The van der Waals surface area contributed by atoms with Crippen molar-refractivity contribution in [2.45, 2.75) is 38.6 Å². The molecule has 1 aliphatic rings. The average molecular weight is 265 g/mol. The quantitative estimate of drug-likeness (QED) is 0.514. The second kappa shape index (κ2) is 5.94. The zero-order valence-electron chi connectivity index (χ0n) is 10.1. The van der Waals surface area contributed by atoms with Crippen LogP contribution in [0.1, 0.15) is 19.8 Å². The van der Waals surface area contributed by atoms with E-state index in [0.29, 0.717) is 6.42 Å². The molecule has 0 radical (unpaired) electrons. The molecule has 8 heteroatoms. The highest BCUT2D eigenvalue weighted by atomic mass is 19.3. The summed E-state index contributed by atoms with van der Waals surface area (Å²) in [6.45, 7) is 1.49. The molecule has 0 spiro atoms. The summed E-state index contributed by atoms with van der Waals surface area (Å²) in [5.41, 5.74) is -1.07. The number of hydrogen-bond donors (Lipinski definition) is 4. The van der Waals surface area contributed by atoms with Gasteiger partial charge in [-0.25, -0.2) is 8.78 Å². The Balaban J connectivity index is 2.76. The molecule has 1 rings (SSSR count). The summed E-state index contributed by atoms with van der Waals surface area (Å²) >= 11 is 0. The number of carboxylic acid groups (broad SMARTS) is 1. The number of halogens is 2. The SMILES string of the molecule is C[C@@]1(CCCB(O)O)C(C(F)F)CN[C@@H]1C(=O)O. The predicted molar refractivity (Wildman–Crippen MR) is 61.3 cm³/mol. The summed E-state index contributed by atoms with van der Waals surface area (Å²) in [6.07, 6.45) is -2.03. The summed E-state index contributed by atoms with van der Waals surface area (Å²) in [5.74, 6) is -2.18. The third-order valence-electron chi connectivity index (χ3n) is 3.78. The Kier molecular flexibility index (Phi) is 5.06. The van der Waals surface area contributed by atoms with Crippen LogP contribution in [0.15, 0.2) is 0 Å². The molecule has 5 nitrogen and oxygen atoms in total. The van der Waals surface area contributed by atoms with Crippen LogP contribution in [0.2, 0.25) is 6.32 Å². The van der Waals surface area contributed by atoms with Crippen molar-refractivity contribution in [3.8, 4) is 0 Å². The van der Waals surface area contributed by atoms with Crippen LogP contribution in [0.5, 0.6) is 0 Å². The highest BCUT2D eigenvalue weighted by molar-refractivity contribution is 6.40. The van der Waals surface area contributed by atoms with Gasteiger partial charge in [-0.15, -0.1) is 0 Å². The highest BCUT2D eigenvalue weighted by Crippen LogP contribution is 2.44. The van der Waals surface area contributed by atoms with Gasteiger partial charge in [0.15, 0.2) is 0 Å². The Bertz CT molecular complexity index is 306. The molecular weight excluding hydrogens is 247 g/mol. The lowest BCUT2D eigenvalue weighted by Crippen LogP contribution is -2.44. The van der Waals surface area contributed by atoms with Crippen molar-refractivity contribution in [3.05, 3.63) is 0 Å². The maximum atomic E-state index is 12.9. The zero-order valence-corrected chi connectivity index (χ0v) is 10.1. The van der Waals surface area contributed by atoms with Crippen LogP contribution in [0.3, 0.4) is 0 Å². The van der Waals surface area contributed by atoms with E-state index in [2.05, 4.69) is 5.32 Å². The first-order chi connectivity index (χ1) is 8.29. The van der Waals surface area contributed by atoms with Crippen LogP contribution in [0, 0.1) is 11.3 Å². The number of alkyl halides is 2. The summed E-state index contributed by atoms with van der Waals surface area (Å²) in [4.78, 5) is 11.1. The lowest BCUT2D eigenvalue weighted by Gasteiger charge is -2.33. The number of carboxylic acids is 1. The van der Waals surface area contributed by atoms with Gasteiger partial charge >= 0.3 is 13.1 Å². The maximum absolute atomic E-state index is 12.9. The Hall–Kier alpha value is -0.725. The molecule has 4 N–H and O–H groups in total. The normalized spacial score (nSPS) is 31.9. The standard InChI is InChI=1S/C10H18BF2NO4/c1-10(3-2-4-11(17)18)6(8(12)13)5-14-7(10)9(15)16/h6-8,14,17-18H,2-5H2,1H3,(H,15,16)/t6?,7-,10-/m1/s1. The molecule has 18 heavy (non-hydrogen) atoms. The summed E-state index contributed by atoms with van der Waals surface area (Å²) < 4.78 is 25.9. The Labute approximate surface area is 104 Å². The number of nitrogens with one attached hydrogen (secondary N) is 1. The van der Waals surface area contributed by atoms with Gasteiger partial charge in [-0.05, 0) is 12.7 Å². The van der Waals surface area contributed by atoms with E-state index in [1.165, 1.54) is 6.92 Å². The zero-order chi connectivity index (χ0) is 13.9. The van der Waals surface area contributed by atoms with E-state index >= 15 is 0 Å². The van der Waals surface area contributed by atoms with Gasteiger partial charge in [-0.1, -0.05) is 13.3 Å². The Morgan fingerprint density at radius 2 is 2.17 bits per heavy atom. The maximum Gasteiger partial charge on any atom is 0.451 e. The molecular formula is C10H18BF2NO4. The summed E-state index contributed by atoms with van der Waals surface area (Å²) in [7, 11) is -1.49. The smallest absolute Gasteiger partial charge is 0.451 e. The van der Waals surface area contributed by atoms with E-state index in [1.54, 1.807) is 0 Å². The number of aliphatic carboxylic acids is 1. The van der Waals surface area contributed by atoms with E-state index in [-0.39, 0.29) is 19.3 Å². The van der Waals surface area contributed by atoms with E-state index in [0.717, 1.165) is 0 Å². The van der Waals surface area contributed by atoms with E-state index in [9.17, 15) is 13.6 Å². The van der Waals surface area contributed by atoms with Gasteiger partial charge in [-0.3, -0.25) is 4.79 Å². The fourth-order valence-corrected chi connectivity index (χ4v) is 2.67. The minimum atomic E-state index is -2.59. The van der Waals surface area contributed by atoms with E-state index in [1.807, 2.05) is 0 Å².